The first-order valence-electron chi connectivity index (χ1n) is 7.73. The number of benzene rings is 1. The van der Waals surface area contributed by atoms with E-state index in [4.69, 9.17) is 4.74 Å². The molecular weight excluding hydrogens is 294 g/mol. The third kappa shape index (κ3) is 2.74. The topological polar surface area (TPSA) is 68.5 Å². The fourth-order valence-corrected chi connectivity index (χ4v) is 3.22. The predicted octanol–water partition coefficient (Wildman–Crippen LogP) is 3.08. The summed E-state index contributed by atoms with van der Waals surface area (Å²) >= 11 is 0. The summed E-state index contributed by atoms with van der Waals surface area (Å²) in [7, 11) is 1.53. The molecule has 0 bridgehead atoms. The number of ketones is 1. The predicted molar refractivity (Wildman–Crippen MR) is 85.1 cm³/mol. The lowest BCUT2D eigenvalue weighted by Crippen LogP contribution is -2.17. The molecule has 3 rings (SSSR count). The zero-order valence-electron chi connectivity index (χ0n) is 13.0. The first-order valence-corrected chi connectivity index (χ1v) is 7.73. The molecule has 23 heavy (non-hydrogen) atoms. The fourth-order valence-electron chi connectivity index (χ4n) is 3.22. The van der Waals surface area contributed by atoms with Crippen LogP contribution >= 0.6 is 0 Å². The van der Waals surface area contributed by atoms with Crippen LogP contribution in [0.5, 0.6) is 5.75 Å². The third-order valence-electron chi connectivity index (χ3n) is 4.38. The number of para-hydroxylation sites is 1. The zero-order valence-corrected chi connectivity index (χ0v) is 13.0. The monoisotopic (exact) mass is 313 g/mol. The Bertz CT molecular complexity index is 747. The van der Waals surface area contributed by atoms with E-state index in [2.05, 4.69) is 0 Å². The molecule has 0 saturated heterocycles. The molecule has 5 heteroatoms. The van der Waals surface area contributed by atoms with Gasteiger partial charge in [-0.1, -0.05) is 18.6 Å². The first-order chi connectivity index (χ1) is 11.1. The van der Waals surface area contributed by atoms with E-state index in [0.29, 0.717) is 35.7 Å². The molecule has 0 spiro atoms. The number of hydrogen-bond acceptors (Lipinski definition) is 3. The van der Waals surface area contributed by atoms with Gasteiger partial charge in [0, 0.05) is 12.2 Å². The van der Waals surface area contributed by atoms with Gasteiger partial charge in [0.25, 0.3) is 0 Å². The highest BCUT2D eigenvalue weighted by Crippen LogP contribution is 2.30. The first kappa shape index (κ1) is 15.3. The van der Waals surface area contributed by atoms with Crippen LogP contribution in [0.25, 0.3) is 0 Å². The highest BCUT2D eigenvalue weighted by atomic mass is 16.5. The molecule has 1 N–H and O–H groups in total. The fraction of sp³-hybridized carbons (Fsp3) is 0.333. The van der Waals surface area contributed by atoms with Crippen molar-refractivity contribution in [2.75, 3.05) is 7.11 Å². The van der Waals surface area contributed by atoms with Crippen LogP contribution in [0, 0.1) is 0 Å². The van der Waals surface area contributed by atoms with Crippen LogP contribution in [0.2, 0.25) is 0 Å². The van der Waals surface area contributed by atoms with Crippen LogP contribution < -0.4 is 4.74 Å². The van der Waals surface area contributed by atoms with E-state index in [1.54, 1.807) is 30.3 Å². The van der Waals surface area contributed by atoms with Crippen LogP contribution in [0.3, 0.4) is 0 Å². The van der Waals surface area contributed by atoms with Gasteiger partial charge in [-0.3, -0.25) is 9.59 Å². The maximum atomic E-state index is 12.9. The van der Waals surface area contributed by atoms with Gasteiger partial charge >= 0.3 is 5.97 Å². The molecule has 1 unspecified atom stereocenters. The lowest BCUT2D eigenvalue weighted by atomic mass is 10.0. The quantitative estimate of drug-likeness (QED) is 0.881. The number of ether oxygens (including phenoxy) is 1. The smallest absolute Gasteiger partial charge is 0.312 e. The second-order valence-electron chi connectivity index (χ2n) is 5.71. The summed E-state index contributed by atoms with van der Waals surface area (Å²) in [6, 6.07) is 10.6. The van der Waals surface area contributed by atoms with E-state index >= 15 is 0 Å². The maximum Gasteiger partial charge on any atom is 0.312 e. The summed E-state index contributed by atoms with van der Waals surface area (Å²) in [5, 5.41) is 9.44. The number of rotatable bonds is 4. The van der Waals surface area contributed by atoms with Gasteiger partial charge in [0.1, 0.15) is 5.75 Å². The number of methoxy groups -OCH3 is 1. The van der Waals surface area contributed by atoms with Gasteiger partial charge in [0.2, 0.25) is 5.78 Å². The van der Waals surface area contributed by atoms with Crippen LogP contribution in [0.15, 0.2) is 36.4 Å². The highest BCUT2D eigenvalue weighted by Gasteiger charge is 2.28. The van der Waals surface area contributed by atoms with Gasteiger partial charge in [-0.2, -0.15) is 0 Å². The molecule has 1 aliphatic rings. The van der Waals surface area contributed by atoms with Crippen LogP contribution in [-0.4, -0.2) is 28.5 Å². The van der Waals surface area contributed by atoms with Crippen molar-refractivity contribution in [2.24, 2.45) is 0 Å². The Morgan fingerprint density at radius 2 is 1.96 bits per heavy atom. The van der Waals surface area contributed by atoms with Crippen LogP contribution in [0.4, 0.5) is 0 Å². The molecule has 0 saturated carbocycles. The van der Waals surface area contributed by atoms with E-state index in [1.165, 1.54) is 7.11 Å². The average Bonchev–Trinajstić information content (AvgIpc) is 2.85. The summed E-state index contributed by atoms with van der Waals surface area (Å²) in [5.41, 5.74) is 1.73. The molecule has 1 aromatic carbocycles. The highest BCUT2D eigenvalue weighted by molar-refractivity contribution is 6.10. The standard InChI is InChI=1S/C18H19NO4/c1-23-16-8-3-2-7-13(16)17(20)15-10-9-14-12(18(21)22)6-4-5-11-19(14)15/h2-3,7-10,12H,4-6,11H2,1H3,(H,21,22). The number of hydrogen-bond donors (Lipinski definition) is 1. The number of nitrogens with zero attached hydrogens (tertiary/aromatic N) is 1. The number of aromatic nitrogens is 1. The minimum absolute atomic E-state index is 0.139. The molecule has 120 valence electrons. The van der Waals surface area contributed by atoms with E-state index in [-0.39, 0.29) is 5.78 Å². The van der Waals surface area contributed by atoms with E-state index < -0.39 is 11.9 Å². The van der Waals surface area contributed by atoms with Crippen molar-refractivity contribution in [3.8, 4) is 5.75 Å². The van der Waals surface area contributed by atoms with Crippen molar-refractivity contribution in [3.05, 3.63) is 53.3 Å². The van der Waals surface area contributed by atoms with Crippen molar-refractivity contribution in [3.63, 3.8) is 0 Å². The van der Waals surface area contributed by atoms with Gasteiger partial charge < -0.3 is 14.4 Å². The van der Waals surface area contributed by atoms with Gasteiger partial charge in [-0.25, -0.2) is 0 Å². The third-order valence-corrected chi connectivity index (χ3v) is 4.38. The van der Waals surface area contributed by atoms with E-state index in [9.17, 15) is 14.7 Å². The van der Waals surface area contributed by atoms with Gasteiger partial charge in [0.15, 0.2) is 0 Å². The number of carbonyl (C=O) groups excluding carboxylic acids is 1. The molecule has 1 atom stereocenters. The summed E-state index contributed by atoms with van der Waals surface area (Å²) in [6.45, 7) is 0.669. The van der Waals surface area contributed by atoms with E-state index in [0.717, 1.165) is 12.8 Å². The number of fused-ring (bicyclic) bond motifs is 1. The molecule has 2 heterocycles. The molecule has 1 aromatic heterocycles. The Morgan fingerprint density at radius 1 is 1.17 bits per heavy atom. The normalized spacial score (nSPS) is 17.2. The van der Waals surface area contributed by atoms with Gasteiger partial charge in [-0.05, 0) is 37.1 Å². The van der Waals surface area contributed by atoms with Gasteiger partial charge in [0.05, 0.1) is 24.3 Å². The van der Waals surface area contributed by atoms with Crippen LogP contribution in [-0.2, 0) is 11.3 Å². The number of aliphatic carboxylic acids is 1. The molecule has 0 amide bonds. The van der Waals surface area contributed by atoms with Gasteiger partial charge in [-0.15, -0.1) is 0 Å². The number of carbonyl (C=O) groups is 2. The SMILES string of the molecule is COc1ccccc1C(=O)c1ccc2n1CCCCC2C(=O)O. The lowest BCUT2D eigenvalue weighted by molar-refractivity contribution is -0.139. The minimum Gasteiger partial charge on any atom is -0.496 e. The molecule has 2 aromatic rings. The van der Waals surface area contributed by atoms with Crippen molar-refractivity contribution in [2.45, 2.75) is 31.7 Å². The minimum atomic E-state index is -0.831. The summed E-state index contributed by atoms with van der Waals surface area (Å²) in [6.07, 6.45) is 2.33. The molecule has 0 radical (unpaired) electrons. The number of carboxylic acids is 1. The largest absolute Gasteiger partial charge is 0.496 e. The molecule has 1 aliphatic heterocycles. The lowest BCUT2D eigenvalue weighted by Gasteiger charge is -2.14. The second-order valence-corrected chi connectivity index (χ2v) is 5.71. The van der Waals surface area contributed by atoms with E-state index in [1.807, 2.05) is 10.6 Å². The molecule has 0 aliphatic carbocycles. The second kappa shape index (κ2) is 6.28. The van der Waals surface area contributed by atoms with Crippen molar-refractivity contribution >= 4 is 11.8 Å². The maximum absolute atomic E-state index is 12.9. The Hall–Kier alpha value is -2.56. The Morgan fingerprint density at radius 3 is 2.70 bits per heavy atom. The zero-order chi connectivity index (χ0) is 16.4. The summed E-state index contributed by atoms with van der Waals surface area (Å²) in [5.74, 6) is -0.990. The summed E-state index contributed by atoms with van der Waals surface area (Å²) in [4.78, 5) is 24.4. The molecule has 5 nitrogen and oxygen atoms in total. The van der Waals surface area contributed by atoms with Crippen molar-refractivity contribution in [1.29, 1.82) is 0 Å². The molecule has 0 fully saturated rings. The average molecular weight is 313 g/mol. The Labute approximate surface area is 134 Å². The molecular formula is C18H19NO4. The van der Waals surface area contributed by atoms with Crippen LogP contribution in [0.1, 0.15) is 46.9 Å². The van der Waals surface area contributed by atoms with Crippen molar-refractivity contribution in [1.82, 2.24) is 4.57 Å². The Balaban J connectivity index is 2.05. The summed E-state index contributed by atoms with van der Waals surface area (Å²) < 4.78 is 7.13. The Kier molecular flexibility index (Phi) is 4.19. The van der Waals surface area contributed by atoms with Crippen molar-refractivity contribution < 1.29 is 19.4 Å². The number of carboxylic acid groups (broad SMARTS) is 1.